The van der Waals surface area contributed by atoms with E-state index in [0.717, 1.165) is 12.3 Å². The van der Waals surface area contributed by atoms with Gasteiger partial charge in [0, 0.05) is 22.8 Å². The van der Waals surface area contributed by atoms with Gasteiger partial charge in [-0.3, -0.25) is 0 Å². The van der Waals surface area contributed by atoms with Crippen LogP contribution >= 0.6 is 0 Å². The summed E-state index contributed by atoms with van der Waals surface area (Å²) in [5.41, 5.74) is 4.24. The second-order valence-electron chi connectivity index (χ2n) is 4.95. The van der Waals surface area contributed by atoms with Crippen LogP contribution in [-0.2, 0) is 13.0 Å². The van der Waals surface area contributed by atoms with Gasteiger partial charge < -0.3 is 9.30 Å². The molecule has 0 aliphatic carbocycles. The van der Waals surface area contributed by atoms with Gasteiger partial charge in [-0.05, 0) is 36.6 Å². The Balaban J connectivity index is 2.23. The van der Waals surface area contributed by atoms with Crippen LogP contribution in [0.25, 0.3) is 21.8 Å². The maximum atomic E-state index is 5.35. The molecule has 4 rings (SSSR count). The standard InChI is InChI=1S/C16H15NO/c1-18-12-7-8-15-14(10-12)13-6-2-4-11-5-3-9-17(15)16(11)13/h2,4,6-8,10H,3,5,9H2,1H3. The molecule has 0 spiro atoms. The van der Waals surface area contributed by atoms with Crippen molar-refractivity contribution in [2.24, 2.45) is 0 Å². The molecule has 0 N–H and O–H groups in total. The zero-order valence-electron chi connectivity index (χ0n) is 10.4. The highest BCUT2D eigenvalue weighted by molar-refractivity contribution is 6.09. The van der Waals surface area contributed by atoms with Gasteiger partial charge in [0.1, 0.15) is 5.75 Å². The van der Waals surface area contributed by atoms with Crippen LogP contribution in [0.1, 0.15) is 12.0 Å². The Morgan fingerprint density at radius 3 is 2.94 bits per heavy atom. The first-order valence-corrected chi connectivity index (χ1v) is 6.46. The fourth-order valence-corrected chi connectivity index (χ4v) is 3.20. The highest BCUT2D eigenvalue weighted by Crippen LogP contribution is 2.36. The van der Waals surface area contributed by atoms with Crippen LogP contribution in [-0.4, -0.2) is 11.7 Å². The molecule has 0 atom stereocenters. The summed E-state index contributed by atoms with van der Waals surface area (Å²) in [7, 11) is 1.73. The minimum atomic E-state index is 0.936. The summed E-state index contributed by atoms with van der Waals surface area (Å²) >= 11 is 0. The molecule has 1 aromatic heterocycles. The fraction of sp³-hybridized carbons (Fsp3) is 0.250. The summed E-state index contributed by atoms with van der Waals surface area (Å²) in [6, 6.07) is 13.0. The molecule has 2 nitrogen and oxygen atoms in total. The highest BCUT2D eigenvalue weighted by Gasteiger charge is 2.17. The van der Waals surface area contributed by atoms with Crippen molar-refractivity contribution in [1.29, 1.82) is 0 Å². The number of rotatable bonds is 1. The minimum absolute atomic E-state index is 0.936. The quantitative estimate of drug-likeness (QED) is 0.628. The molecule has 90 valence electrons. The molecular weight excluding hydrogens is 222 g/mol. The number of hydrogen-bond acceptors (Lipinski definition) is 1. The second-order valence-corrected chi connectivity index (χ2v) is 4.95. The van der Waals surface area contributed by atoms with Gasteiger partial charge in [0.25, 0.3) is 0 Å². The van der Waals surface area contributed by atoms with Crippen LogP contribution in [0.3, 0.4) is 0 Å². The zero-order valence-corrected chi connectivity index (χ0v) is 10.4. The third-order valence-corrected chi connectivity index (χ3v) is 4.00. The Morgan fingerprint density at radius 2 is 2.06 bits per heavy atom. The molecule has 0 unspecified atom stereocenters. The third kappa shape index (κ3) is 1.18. The Hall–Kier alpha value is -1.96. The molecule has 0 bridgehead atoms. The monoisotopic (exact) mass is 237 g/mol. The highest BCUT2D eigenvalue weighted by atomic mass is 16.5. The van der Waals surface area contributed by atoms with E-state index in [0.29, 0.717) is 0 Å². The molecule has 3 aromatic rings. The van der Waals surface area contributed by atoms with Crippen LogP contribution in [0, 0.1) is 0 Å². The topological polar surface area (TPSA) is 14.2 Å². The van der Waals surface area contributed by atoms with Gasteiger partial charge in [-0.25, -0.2) is 0 Å². The molecule has 0 radical (unpaired) electrons. The number of hydrogen-bond donors (Lipinski definition) is 0. The molecule has 2 heterocycles. The summed E-state index contributed by atoms with van der Waals surface area (Å²) in [6.45, 7) is 1.13. The van der Waals surface area contributed by atoms with Crippen LogP contribution in [0.15, 0.2) is 36.4 Å². The van der Waals surface area contributed by atoms with Gasteiger partial charge in [0.15, 0.2) is 0 Å². The Labute approximate surface area is 106 Å². The second kappa shape index (κ2) is 3.52. The fourth-order valence-electron chi connectivity index (χ4n) is 3.20. The van der Waals surface area contributed by atoms with Gasteiger partial charge in [0.05, 0.1) is 12.6 Å². The summed E-state index contributed by atoms with van der Waals surface area (Å²) in [5, 5.41) is 2.68. The Kier molecular flexibility index (Phi) is 1.95. The van der Waals surface area contributed by atoms with Gasteiger partial charge in [-0.1, -0.05) is 18.2 Å². The number of ether oxygens (including phenoxy) is 1. The first-order valence-electron chi connectivity index (χ1n) is 6.46. The van der Waals surface area contributed by atoms with Crippen LogP contribution in [0.2, 0.25) is 0 Å². The van der Waals surface area contributed by atoms with Crippen molar-refractivity contribution in [1.82, 2.24) is 4.57 Å². The zero-order chi connectivity index (χ0) is 12.1. The van der Waals surface area contributed by atoms with E-state index in [9.17, 15) is 0 Å². The van der Waals surface area contributed by atoms with E-state index in [4.69, 9.17) is 4.74 Å². The van der Waals surface area contributed by atoms with E-state index in [1.807, 2.05) is 0 Å². The van der Waals surface area contributed by atoms with Crippen LogP contribution < -0.4 is 4.74 Å². The van der Waals surface area contributed by atoms with Crippen LogP contribution in [0.4, 0.5) is 0 Å². The number of nitrogens with zero attached hydrogens (tertiary/aromatic N) is 1. The van der Waals surface area contributed by atoms with E-state index in [2.05, 4.69) is 41.0 Å². The molecule has 2 aromatic carbocycles. The van der Waals surface area contributed by atoms with E-state index in [1.54, 1.807) is 7.11 Å². The van der Waals surface area contributed by atoms with E-state index in [-0.39, 0.29) is 0 Å². The lowest BCUT2D eigenvalue weighted by Gasteiger charge is -2.15. The van der Waals surface area contributed by atoms with E-state index in [1.165, 1.54) is 40.2 Å². The van der Waals surface area contributed by atoms with Crippen molar-refractivity contribution >= 4 is 21.8 Å². The Morgan fingerprint density at radius 1 is 1.11 bits per heavy atom. The lowest BCUT2D eigenvalue weighted by molar-refractivity contribution is 0.415. The lowest BCUT2D eigenvalue weighted by atomic mass is 10.0. The SMILES string of the molecule is COc1ccc2c(c1)c1cccc3c1n2CCC3. The normalized spacial score (nSPS) is 14.3. The molecule has 0 amide bonds. The number of benzene rings is 2. The first kappa shape index (κ1) is 10.0. The average Bonchev–Trinajstić information content (AvgIpc) is 2.76. The molecule has 2 heteroatoms. The van der Waals surface area contributed by atoms with Crippen molar-refractivity contribution < 1.29 is 4.74 Å². The third-order valence-electron chi connectivity index (χ3n) is 4.00. The van der Waals surface area contributed by atoms with E-state index < -0.39 is 0 Å². The molecule has 18 heavy (non-hydrogen) atoms. The van der Waals surface area contributed by atoms with Gasteiger partial charge in [-0.15, -0.1) is 0 Å². The predicted molar refractivity (Wildman–Crippen MR) is 74.3 cm³/mol. The molecule has 0 saturated heterocycles. The molecule has 0 fully saturated rings. The van der Waals surface area contributed by atoms with Gasteiger partial charge in [0.2, 0.25) is 0 Å². The summed E-state index contributed by atoms with van der Waals surface area (Å²) < 4.78 is 7.81. The molecule has 0 saturated carbocycles. The first-order chi connectivity index (χ1) is 8.88. The van der Waals surface area contributed by atoms with E-state index >= 15 is 0 Å². The number of aryl methyl sites for hydroxylation is 2. The predicted octanol–water partition coefficient (Wildman–Crippen LogP) is 3.75. The number of methoxy groups -OCH3 is 1. The lowest BCUT2D eigenvalue weighted by Crippen LogP contribution is -2.06. The smallest absolute Gasteiger partial charge is 0.119 e. The largest absolute Gasteiger partial charge is 0.497 e. The molecular formula is C16H15NO. The van der Waals surface area contributed by atoms with Crippen molar-refractivity contribution in [2.75, 3.05) is 7.11 Å². The average molecular weight is 237 g/mol. The van der Waals surface area contributed by atoms with Crippen molar-refractivity contribution in [2.45, 2.75) is 19.4 Å². The Bertz CT molecular complexity index is 754. The number of fused-ring (bicyclic) bond motifs is 3. The van der Waals surface area contributed by atoms with Gasteiger partial charge >= 0.3 is 0 Å². The van der Waals surface area contributed by atoms with Crippen molar-refractivity contribution in [3.63, 3.8) is 0 Å². The molecule has 1 aliphatic heterocycles. The van der Waals surface area contributed by atoms with Crippen LogP contribution in [0.5, 0.6) is 5.75 Å². The molecule has 1 aliphatic rings. The maximum Gasteiger partial charge on any atom is 0.119 e. The summed E-state index contributed by atoms with van der Waals surface area (Å²) in [5.74, 6) is 0.936. The minimum Gasteiger partial charge on any atom is -0.497 e. The summed E-state index contributed by atoms with van der Waals surface area (Å²) in [4.78, 5) is 0. The number of para-hydroxylation sites is 1. The van der Waals surface area contributed by atoms with Gasteiger partial charge in [-0.2, -0.15) is 0 Å². The van der Waals surface area contributed by atoms with Crippen molar-refractivity contribution in [3.05, 3.63) is 42.0 Å². The summed E-state index contributed by atoms with van der Waals surface area (Å²) in [6.07, 6.45) is 2.44. The maximum absolute atomic E-state index is 5.35. The van der Waals surface area contributed by atoms with Crippen molar-refractivity contribution in [3.8, 4) is 5.75 Å². The number of aromatic nitrogens is 1.